The second-order valence-corrected chi connectivity index (χ2v) is 7.22. The number of halogens is 1. The molecule has 2 aromatic rings. The number of rotatable bonds is 5. The summed E-state index contributed by atoms with van der Waals surface area (Å²) in [6.07, 6.45) is 4.89. The molecule has 1 saturated heterocycles. The van der Waals surface area contributed by atoms with Gasteiger partial charge in [-0.15, -0.1) is 0 Å². The number of hydrogen-bond acceptors (Lipinski definition) is 4. The third-order valence-electron chi connectivity index (χ3n) is 5.00. The largest absolute Gasteiger partial charge is 0.490 e. The molecule has 2 fully saturated rings. The fraction of sp³-hybridized carbons (Fsp3) is 0.429. The van der Waals surface area contributed by atoms with Crippen LogP contribution in [0, 0.1) is 18.7 Å². The molecule has 5 nitrogen and oxygen atoms in total. The summed E-state index contributed by atoms with van der Waals surface area (Å²) < 4.78 is 25.8. The Morgan fingerprint density at radius 3 is 2.70 bits per heavy atom. The summed E-state index contributed by atoms with van der Waals surface area (Å²) in [5, 5.41) is 2.77. The summed E-state index contributed by atoms with van der Waals surface area (Å²) in [4.78, 5) is 15.9. The standard InChI is InChI=1S/C21H23FN2O3/c1-13-10-15(4-5-19(13)27-16-6-8-26-9-7-16)17-11-20(23-12-18(17)22)24-21(25)14-2-3-14/h4-5,10-12,14,16H,2-3,6-9H2,1H3,(H,23,24,25). The summed E-state index contributed by atoms with van der Waals surface area (Å²) in [6.45, 7) is 3.39. The number of ether oxygens (including phenoxy) is 2. The summed E-state index contributed by atoms with van der Waals surface area (Å²) in [5.41, 5.74) is 2.09. The van der Waals surface area contributed by atoms with E-state index in [1.165, 1.54) is 0 Å². The number of aryl methyl sites for hydroxylation is 1. The van der Waals surface area contributed by atoms with Gasteiger partial charge in [0, 0.05) is 24.3 Å². The summed E-state index contributed by atoms with van der Waals surface area (Å²) in [5.74, 6) is 0.795. The normalized spacial score (nSPS) is 17.6. The van der Waals surface area contributed by atoms with Crippen LogP contribution in [0.3, 0.4) is 0 Å². The Kier molecular flexibility index (Phi) is 5.07. The zero-order valence-electron chi connectivity index (χ0n) is 15.3. The van der Waals surface area contributed by atoms with Gasteiger partial charge in [0.05, 0.1) is 19.4 Å². The van der Waals surface area contributed by atoms with E-state index in [1.54, 1.807) is 6.07 Å². The van der Waals surface area contributed by atoms with Crippen molar-refractivity contribution < 1.29 is 18.7 Å². The first kappa shape index (κ1) is 17.9. The van der Waals surface area contributed by atoms with Crippen molar-refractivity contribution in [1.82, 2.24) is 4.98 Å². The number of anilines is 1. The van der Waals surface area contributed by atoms with E-state index in [-0.39, 0.29) is 17.9 Å². The van der Waals surface area contributed by atoms with Gasteiger partial charge < -0.3 is 14.8 Å². The molecule has 0 radical (unpaired) electrons. The fourth-order valence-corrected chi connectivity index (χ4v) is 3.22. The molecule has 1 aliphatic heterocycles. The van der Waals surface area contributed by atoms with Crippen LogP contribution in [0.15, 0.2) is 30.5 Å². The van der Waals surface area contributed by atoms with Crippen molar-refractivity contribution in [2.24, 2.45) is 5.92 Å². The summed E-state index contributed by atoms with van der Waals surface area (Å²) in [7, 11) is 0. The molecule has 2 aliphatic rings. The van der Waals surface area contributed by atoms with Gasteiger partial charge in [-0.25, -0.2) is 9.37 Å². The highest BCUT2D eigenvalue weighted by atomic mass is 19.1. The van der Waals surface area contributed by atoms with Gasteiger partial charge in [0.25, 0.3) is 0 Å². The molecule has 0 unspecified atom stereocenters. The molecule has 1 N–H and O–H groups in total. The van der Waals surface area contributed by atoms with Crippen LogP contribution in [0.1, 0.15) is 31.2 Å². The number of nitrogens with one attached hydrogen (secondary N) is 1. The Balaban J connectivity index is 1.53. The van der Waals surface area contributed by atoms with Crippen molar-refractivity contribution in [2.75, 3.05) is 18.5 Å². The van der Waals surface area contributed by atoms with Crippen molar-refractivity contribution in [3.05, 3.63) is 41.8 Å². The van der Waals surface area contributed by atoms with E-state index in [2.05, 4.69) is 10.3 Å². The summed E-state index contributed by atoms with van der Waals surface area (Å²) in [6, 6.07) is 7.21. The Morgan fingerprint density at radius 1 is 1.22 bits per heavy atom. The van der Waals surface area contributed by atoms with Crippen LogP contribution in [0.2, 0.25) is 0 Å². The molecule has 1 aromatic heterocycles. The highest BCUT2D eigenvalue weighted by Crippen LogP contribution is 2.32. The molecule has 0 spiro atoms. The molecule has 27 heavy (non-hydrogen) atoms. The number of hydrogen-bond donors (Lipinski definition) is 1. The zero-order chi connectivity index (χ0) is 18.8. The van der Waals surface area contributed by atoms with Crippen LogP contribution in [0.4, 0.5) is 10.2 Å². The predicted octanol–water partition coefficient (Wildman–Crippen LogP) is 4.10. The maximum atomic E-state index is 14.3. The van der Waals surface area contributed by atoms with Gasteiger partial charge in [-0.2, -0.15) is 0 Å². The number of nitrogens with zero attached hydrogens (tertiary/aromatic N) is 1. The Hall–Kier alpha value is -2.47. The molecule has 0 bridgehead atoms. The topological polar surface area (TPSA) is 60.5 Å². The van der Waals surface area contributed by atoms with Crippen molar-refractivity contribution in [3.63, 3.8) is 0 Å². The molecule has 1 aromatic carbocycles. The minimum absolute atomic E-state index is 0.0450. The van der Waals surface area contributed by atoms with E-state index in [0.29, 0.717) is 11.4 Å². The number of benzene rings is 1. The van der Waals surface area contributed by atoms with Crippen LogP contribution in [-0.2, 0) is 9.53 Å². The van der Waals surface area contributed by atoms with Crippen molar-refractivity contribution >= 4 is 11.7 Å². The van der Waals surface area contributed by atoms with Crippen LogP contribution in [0.25, 0.3) is 11.1 Å². The van der Waals surface area contributed by atoms with Gasteiger partial charge in [-0.3, -0.25) is 4.79 Å². The average molecular weight is 370 g/mol. The molecular formula is C21H23FN2O3. The molecule has 1 amide bonds. The lowest BCUT2D eigenvalue weighted by molar-refractivity contribution is -0.117. The SMILES string of the molecule is Cc1cc(-c2cc(NC(=O)C3CC3)ncc2F)ccc1OC1CCOCC1. The van der Waals surface area contributed by atoms with Gasteiger partial charge in [0.2, 0.25) is 5.91 Å². The summed E-state index contributed by atoms with van der Waals surface area (Å²) >= 11 is 0. The number of amides is 1. The van der Waals surface area contributed by atoms with Gasteiger partial charge in [-0.05, 0) is 49.1 Å². The number of aromatic nitrogens is 1. The smallest absolute Gasteiger partial charge is 0.228 e. The monoisotopic (exact) mass is 370 g/mol. The van der Waals surface area contributed by atoms with E-state index < -0.39 is 5.82 Å². The number of pyridine rings is 1. The van der Waals surface area contributed by atoms with Gasteiger partial charge in [0.15, 0.2) is 0 Å². The highest BCUT2D eigenvalue weighted by Gasteiger charge is 2.30. The van der Waals surface area contributed by atoms with Crippen molar-refractivity contribution in [3.8, 4) is 16.9 Å². The van der Waals surface area contributed by atoms with E-state index in [9.17, 15) is 9.18 Å². The average Bonchev–Trinajstić information content (AvgIpc) is 3.51. The Bertz CT molecular complexity index is 845. The molecule has 6 heteroatoms. The molecule has 1 saturated carbocycles. The van der Waals surface area contributed by atoms with Crippen LogP contribution >= 0.6 is 0 Å². The lowest BCUT2D eigenvalue weighted by atomic mass is 10.0. The molecule has 0 atom stereocenters. The first-order chi connectivity index (χ1) is 13.1. The molecule has 4 rings (SSSR count). The molecule has 142 valence electrons. The number of carbonyl (C=O) groups excluding carboxylic acids is 1. The van der Waals surface area contributed by atoms with E-state index >= 15 is 0 Å². The Labute approximate surface area is 157 Å². The third-order valence-corrected chi connectivity index (χ3v) is 5.00. The maximum absolute atomic E-state index is 14.3. The minimum atomic E-state index is -0.420. The van der Waals surface area contributed by atoms with Gasteiger partial charge in [0.1, 0.15) is 23.5 Å². The van der Waals surface area contributed by atoms with Crippen molar-refractivity contribution in [2.45, 2.75) is 38.7 Å². The molecular weight excluding hydrogens is 347 g/mol. The van der Waals surface area contributed by atoms with Crippen LogP contribution in [0.5, 0.6) is 5.75 Å². The van der Waals surface area contributed by atoms with Gasteiger partial charge in [-0.1, -0.05) is 6.07 Å². The quantitative estimate of drug-likeness (QED) is 0.861. The van der Waals surface area contributed by atoms with Crippen molar-refractivity contribution in [1.29, 1.82) is 0 Å². The van der Waals surface area contributed by atoms with E-state index in [1.807, 2.05) is 25.1 Å². The van der Waals surface area contributed by atoms with Crippen LogP contribution < -0.4 is 10.1 Å². The lowest BCUT2D eigenvalue weighted by Gasteiger charge is -2.24. The first-order valence-electron chi connectivity index (χ1n) is 9.42. The minimum Gasteiger partial charge on any atom is -0.490 e. The second kappa shape index (κ2) is 7.64. The Morgan fingerprint density at radius 2 is 2.00 bits per heavy atom. The zero-order valence-corrected chi connectivity index (χ0v) is 15.3. The van der Waals surface area contributed by atoms with Gasteiger partial charge >= 0.3 is 0 Å². The van der Waals surface area contributed by atoms with Crippen LogP contribution in [-0.4, -0.2) is 30.2 Å². The third kappa shape index (κ3) is 4.27. The number of carbonyl (C=O) groups is 1. The lowest BCUT2D eigenvalue weighted by Crippen LogP contribution is -2.26. The fourth-order valence-electron chi connectivity index (χ4n) is 3.22. The molecule has 2 heterocycles. The highest BCUT2D eigenvalue weighted by molar-refractivity contribution is 5.93. The maximum Gasteiger partial charge on any atom is 0.228 e. The molecule has 1 aliphatic carbocycles. The second-order valence-electron chi connectivity index (χ2n) is 7.22. The van der Waals surface area contributed by atoms with E-state index in [4.69, 9.17) is 9.47 Å². The predicted molar refractivity (Wildman–Crippen MR) is 100 cm³/mol. The van der Waals surface area contributed by atoms with E-state index in [0.717, 1.165) is 62.0 Å². The first-order valence-corrected chi connectivity index (χ1v) is 9.42.